The van der Waals surface area contributed by atoms with Gasteiger partial charge in [0.15, 0.2) is 0 Å². The molecule has 4 nitrogen and oxygen atoms in total. The monoisotopic (exact) mass is 297 g/mol. The molecule has 2 rings (SSSR count). The van der Waals surface area contributed by atoms with Crippen LogP contribution in [0.4, 0.5) is 13.2 Å². The number of alkyl halides is 3. The van der Waals surface area contributed by atoms with E-state index in [1.807, 2.05) is 17.6 Å². The second-order valence-corrected chi connectivity index (χ2v) is 4.51. The standard InChI is InChI=1S/C14H14F3N3O/c1-2-20-12-4-3-10(8-18)7-11(12)19-13(20)5-6-21-9-14(15,16)17/h3-4,7H,2,5-6,9H2,1H3. The van der Waals surface area contributed by atoms with Crippen molar-refractivity contribution in [3.8, 4) is 6.07 Å². The van der Waals surface area contributed by atoms with Crippen LogP contribution in [-0.4, -0.2) is 28.9 Å². The van der Waals surface area contributed by atoms with E-state index in [0.29, 0.717) is 29.9 Å². The maximum Gasteiger partial charge on any atom is 0.411 e. The Morgan fingerprint density at radius 1 is 1.38 bits per heavy atom. The normalized spacial score (nSPS) is 11.8. The summed E-state index contributed by atoms with van der Waals surface area (Å²) in [5.41, 5.74) is 2.03. The first kappa shape index (κ1) is 15.3. The van der Waals surface area contributed by atoms with E-state index in [-0.39, 0.29) is 6.61 Å². The molecule has 1 aromatic heterocycles. The molecular formula is C14H14F3N3O. The fourth-order valence-electron chi connectivity index (χ4n) is 2.14. The van der Waals surface area contributed by atoms with Gasteiger partial charge in [-0.25, -0.2) is 4.98 Å². The van der Waals surface area contributed by atoms with Crippen molar-refractivity contribution in [3.05, 3.63) is 29.6 Å². The van der Waals surface area contributed by atoms with Crippen LogP contribution in [0.3, 0.4) is 0 Å². The third-order valence-electron chi connectivity index (χ3n) is 3.01. The number of ether oxygens (including phenoxy) is 1. The zero-order chi connectivity index (χ0) is 15.5. The van der Waals surface area contributed by atoms with Crippen LogP contribution < -0.4 is 0 Å². The second-order valence-electron chi connectivity index (χ2n) is 4.51. The highest BCUT2D eigenvalue weighted by Crippen LogP contribution is 2.19. The van der Waals surface area contributed by atoms with Gasteiger partial charge >= 0.3 is 6.18 Å². The maximum absolute atomic E-state index is 12.0. The van der Waals surface area contributed by atoms with Crippen LogP contribution in [0.1, 0.15) is 18.3 Å². The Bertz CT molecular complexity index is 670. The van der Waals surface area contributed by atoms with Crippen molar-refractivity contribution in [1.82, 2.24) is 9.55 Å². The maximum atomic E-state index is 12.0. The molecule has 21 heavy (non-hydrogen) atoms. The molecule has 1 aromatic carbocycles. The van der Waals surface area contributed by atoms with Gasteiger partial charge in [-0.05, 0) is 25.1 Å². The van der Waals surface area contributed by atoms with Crippen molar-refractivity contribution in [1.29, 1.82) is 5.26 Å². The van der Waals surface area contributed by atoms with Crippen molar-refractivity contribution < 1.29 is 17.9 Å². The molecule has 0 aliphatic heterocycles. The van der Waals surface area contributed by atoms with Gasteiger partial charge in [-0.1, -0.05) is 0 Å². The first-order chi connectivity index (χ1) is 9.94. The first-order valence-corrected chi connectivity index (χ1v) is 6.48. The molecule has 1 heterocycles. The molecule has 0 radical (unpaired) electrons. The lowest BCUT2D eigenvalue weighted by Gasteiger charge is -2.08. The molecule has 0 N–H and O–H groups in total. The topological polar surface area (TPSA) is 50.8 Å². The predicted molar refractivity (Wildman–Crippen MR) is 70.7 cm³/mol. The van der Waals surface area contributed by atoms with E-state index in [2.05, 4.69) is 9.72 Å². The Balaban J connectivity index is 2.14. The van der Waals surface area contributed by atoms with Gasteiger partial charge in [0.05, 0.1) is 29.3 Å². The number of aromatic nitrogens is 2. The summed E-state index contributed by atoms with van der Waals surface area (Å²) in [6.45, 7) is 1.28. The van der Waals surface area contributed by atoms with Crippen LogP contribution in [0, 0.1) is 11.3 Å². The number of aryl methyl sites for hydroxylation is 1. The van der Waals surface area contributed by atoms with Crippen LogP contribution in [-0.2, 0) is 17.7 Å². The molecule has 0 amide bonds. The highest BCUT2D eigenvalue weighted by Gasteiger charge is 2.27. The number of nitrogens with zero attached hydrogens (tertiary/aromatic N) is 3. The number of imidazole rings is 1. The summed E-state index contributed by atoms with van der Waals surface area (Å²) in [4.78, 5) is 4.38. The number of hydrogen-bond donors (Lipinski definition) is 0. The van der Waals surface area contributed by atoms with Crippen LogP contribution in [0.2, 0.25) is 0 Å². The van der Waals surface area contributed by atoms with E-state index in [9.17, 15) is 13.2 Å². The smallest absolute Gasteiger partial charge is 0.372 e. The van der Waals surface area contributed by atoms with E-state index >= 15 is 0 Å². The predicted octanol–water partition coefficient (Wildman–Crippen LogP) is 3.05. The lowest BCUT2D eigenvalue weighted by molar-refractivity contribution is -0.173. The van der Waals surface area contributed by atoms with Gasteiger partial charge in [-0.15, -0.1) is 0 Å². The summed E-state index contributed by atoms with van der Waals surface area (Å²) in [6, 6.07) is 7.19. The quantitative estimate of drug-likeness (QED) is 0.797. The van der Waals surface area contributed by atoms with Gasteiger partial charge in [0, 0.05) is 13.0 Å². The van der Waals surface area contributed by atoms with E-state index in [0.717, 1.165) is 5.52 Å². The lowest BCUT2D eigenvalue weighted by Crippen LogP contribution is -2.18. The van der Waals surface area contributed by atoms with E-state index < -0.39 is 12.8 Å². The fraction of sp³-hybridized carbons (Fsp3) is 0.429. The van der Waals surface area contributed by atoms with Crippen LogP contribution in [0.25, 0.3) is 11.0 Å². The van der Waals surface area contributed by atoms with Gasteiger partial charge < -0.3 is 9.30 Å². The minimum atomic E-state index is -4.31. The Morgan fingerprint density at radius 3 is 2.76 bits per heavy atom. The molecule has 0 unspecified atom stereocenters. The van der Waals surface area contributed by atoms with Crippen molar-refractivity contribution in [3.63, 3.8) is 0 Å². The minimum absolute atomic E-state index is 0.0477. The Labute approximate surface area is 119 Å². The summed E-state index contributed by atoms with van der Waals surface area (Å²) in [6.07, 6.45) is -4.02. The summed E-state index contributed by atoms with van der Waals surface area (Å²) in [5.74, 6) is 0.657. The number of nitriles is 1. The lowest BCUT2D eigenvalue weighted by atomic mass is 10.2. The summed E-state index contributed by atoms with van der Waals surface area (Å²) in [7, 11) is 0. The SMILES string of the molecule is CCn1c(CCOCC(F)(F)F)nc2cc(C#N)ccc21. The number of hydrogen-bond acceptors (Lipinski definition) is 3. The summed E-state index contributed by atoms with van der Waals surface area (Å²) in [5, 5.41) is 8.87. The van der Waals surface area contributed by atoms with Crippen LogP contribution in [0.5, 0.6) is 0 Å². The third kappa shape index (κ3) is 3.73. The Morgan fingerprint density at radius 2 is 2.14 bits per heavy atom. The Hall–Kier alpha value is -2.07. The highest BCUT2D eigenvalue weighted by atomic mass is 19.4. The van der Waals surface area contributed by atoms with Crippen molar-refractivity contribution in [2.75, 3.05) is 13.2 Å². The molecule has 0 fully saturated rings. The highest BCUT2D eigenvalue weighted by molar-refractivity contribution is 5.77. The largest absolute Gasteiger partial charge is 0.411 e. The molecule has 0 bridgehead atoms. The first-order valence-electron chi connectivity index (χ1n) is 6.48. The Kier molecular flexibility index (Phi) is 4.48. The molecule has 0 aliphatic rings. The molecular weight excluding hydrogens is 283 g/mol. The molecule has 0 saturated heterocycles. The van der Waals surface area contributed by atoms with Gasteiger partial charge in [-0.3, -0.25) is 0 Å². The zero-order valence-corrected chi connectivity index (χ0v) is 11.4. The van der Waals surface area contributed by atoms with Gasteiger partial charge in [0.1, 0.15) is 12.4 Å². The van der Waals surface area contributed by atoms with Gasteiger partial charge in [0.2, 0.25) is 0 Å². The zero-order valence-electron chi connectivity index (χ0n) is 11.4. The number of rotatable bonds is 5. The fourth-order valence-corrected chi connectivity index (χ4v) is 2.14. The number of halogens is 3. The molecule has 112 valence electrons. The number of fused-ring (bicyclic) bond motifs is 1. The summed E-state index contributed by atoms with van der Waals surface area (Å²) < 4.78 is 42.5. The molecule has 2 aromatic rings. The second kappa shape index (κ2) is 6.14. The van der Waals surface area contributed by atoms with Gasteiger partial charge in [-0.2, -0.15) is 18.4 Å². The van der Waals surface area contributed by atoms with E-state index in [1.165, 1.54) is 0 Å². The van der Waals surface area contributed by atoms with Crippen molar-refractivity contribution in [2.45, 2.75) is 26.1 Å². The summed E-state index contributed by atoms with van der Waals surface area (Å²) >= 11 is 0. The van der Waals surface area contributed by atoms with Gasteiger partial charge in [0.25, 0.3) is 0 Å². The molecule has 0 spiro atoms. The average Bonchev–Trinajstić information content (AvgIpc) is 2.78. The number of benzene rings is 1. The average molecular weight is 297 g/mol. The van der Waals surface area contributed by atoms with Crippen LogP contribution >= 0.6 is 0 Å². The minimum Gasteiger partial charge on any atom is -0.372 e. The molecule has 7 heteroatoms. The molecule has 0 atom stereocenters. The molecule has 0 saturated carbocycles. The van der Waals surface area contributed by atoms with Crippen molar-refractivity contribution in [2.24, 2.45) is 0 Å². The third-order valence-corrected chi connectivity index (χ3v) is 3.01. The van der Waals surface area contributed by atoms with E-state index in [4.69, 9.17) is 5.26 Å². The van der Waals surface area contributed by atoms with Crippen molar-refractivity contribution >= 4 is 11.0 Å². The molecule has 0 aliphatic carbocycles. The van der Waals surface area contributed by atoms with E-state index in [1.54, 1.807) is 18.2 Å². The van der Waals surface area contributed by atoms with Crippen LogP contribution in [0.15, 0.2) is 18.2 Å².